The first-order chi connectivity index (χ1) is 19.3. The molecule has 2 N–H and O–H groups in total. The highest BCUT2D eigenvalue weighted by atomic mass is 19.4. The first-order valence-electron chi connectivity index (χ1n) is 12.6. The predicted molar refractivity (Wildman–Crippen MR) is 149 cm³/mol. The van der Waals surface area contributed by atoms with E-state index in [4.69, 9.17) is 0 Å². The van der Waals surface area contributed by atoms with Crippen LogP contribution in [-0.2, 0) is 12.6 Å². The number of hydrogen-bond acceptors (Lipinski definition) is 3. The number of alkyl halides is 3. The van der Waals surface area contributed by atoms with E-state index < -0.39 is 17.6 Å². The largest absolute Gasteiger partial charge is 0.416 e. The Kier molecular flexibility index (Phi) is 7.59. The molecule has 4 aromatic carbocycles. The van der Waals surface area contributed by atoms with E-state index in [-0.39, 0.29) is 5.91 Å². The van der Waals surface area contributed by atoms with Gasteiger partial charge in [0.1, 0.15) is 0 Å². The van der Waals surface area contributed by atoms with Crippen molar-refractivity contribution >= 4 is 28.4 Å². The molecule has 0 fully saturated rings. The zero-order valence-electron chi connectivity index (χ0n) is 21.2. The van der Waals surface area contributed by atoms with Crippen LogP contribution in [0, 0.1) is 0 Å². The van der Waals surface area contributed by atoms with Crippen molar-refractivity contribution in [3.63, 3.8) is 0 Å². The number of rotatable bonds is 7. The molecule has 0 spiro atoms. The second-order valence-electron chi connectivity index (χ2n) is 9.20. The van der Waals surface area contributed by atoms with Crippen LogP contribution in [0.3, 0.4) is 0 Å². The molecule has 0 unspecified atom stereocenters. The first-order valence-corrected chi connectivity index (χ1v) is 12.6. The molecule has 8 heteroatoms. The van der Waals surface area contributed by atoms with Crippen molar-refractivity contribution in [2.75, 3.05) is 11.9 Å². The Hall–Kier alpha value is -4.98. The van der Waals surface area contributed by atoms with Crippen LogP contribution in [0.4, 0.5) is 18.9 Å². The zero-order valence-corrected chi connectivity index (χ0v) is 21.2. The Balaban J connectivity index is 1.28. The number of nitrogens with one attached hydrogen (secondary N) is 2. The van der Waals surface area contributed by atoms with Crippen LogP contribution in [0.1, 0.15) is 31.8 Å². The van der Waals surface area contributed by atoms with Gasteiger partial charge in [-0.1, -0.05) is 66.7 Å². The Bertz CT molecular complexity index is 1670. The van der Waals surface area contributed by atoms with Crippen LogP contribution in [0.25, 0.3) is 22.0 Å². The summed E-state index contributed by atoms with van der Waals surface area (Å²) < 4.78 is 38.9. The smallest absolute Gasteiger partial charge is 0.352 e. The van der Waals surface area contributed by atoms with Gasteiger partial charge in [0, 0.05) is 29.4 Å². The first kappa shape index (κ1) is 26.6. The topological polar surface area (TPSA) is 71.1 Å². The molecule has 0 atom stereocenters. The summed E-state index contributed by atoms with van der Waals surface area (Å²) in [6, 6.07) is 28.2. The fraction of sp³-hybridized carbons (Fsp3) is 0.0938. The predicted octanol–water partition coefficient (Wildman–Crippen LogP) is 7.15. The number of amides is 2. The van der Waals surface area contributed by atoms with Crippen molar-refractivity contribution in [1.29, 1.82) is 0 Å². The fourth-order valence-electron chi connectivity index (χ4n) is 4.36. The third-order valence-electron chi connectivity index (χ3n) is 6.44. The lowest BCUT2D eigenvalue weighted by molar-refractivity contribution is -0.137. The van der Waals surface area contributed by atoms with Gasteiger partial charge in [-0.05, 0) is 59.5 Å². The lowest BCUT2D eigenvalue weighted by Gasteiger charge is -2.12. The highest BCUT2D eigenvalue weighted by Gasteiger charge is 2.30. The molecule has 5 aromatic rings. The summed E-state index contributed by atoms with van der Waals surface area (Å²) in [5.41, 5.74) is 3.22. The average Bonchev–Trinajstić information content (AvgIpc) is 2.97. The molecule has 1 heterocycles. The van der Waals surface area contributed by atoms with E-state index in [1.807, 2.05) is 30.3 Å². The number of fused-ring (bicyclic) bond motifs is 1. The number of pyridine rings is 1. The molecule has 1 aromatic heterocycles. The molecule has 0 bridgehead atoms. The summed E-state index contributed by atoms with van der Waals surface area (Å²) in [6.45, 7) is 0.500. The van der Waals surface area contributed by atoms with Crippen LogP contribution in [0.5, 0.6) is 0 Å². The highest BCUT2D eigenvalue weighted by molar-refractivity contribution is 6.09. The van der Waals surface area contributed by atoms with E-state index in [1.165, 1.54) is 18.3 Å². The van der Waals surface area contributed by atoms with Gasteiger partial charge in [-0.25, -0.2) is 0 Å². The molecule has 0 aliphatic carbocycles. The van der Waals surface area contributed by atoms with Crippen LogP contribution in [0.15, 0.2) is 109 Å². The maximum Gasteiger partial charge on any atom is 0.416 e. The number of nitrogens with zero attached hydrogens (tertiary/aromatic N) is 1. The number of hydrogen-bond donors (Lipinski definition) is 2. The molecule has 0 saturated heterocycles. The lowest BCUT2D eigenvalue weighted by atomic mass is 9.98. The summed E-state index contributed by atoms with van der Waals surface area (Å²) >= 11 is 0. The van der Waals surface area contributed by atoms with Gasteiger partial charge >= 0.3 is 6.18 Å². The van der Waals surface area contributed by atoms with E-state index in [1.54, 1.807) is 48.5 Å². The van der Waals surface area contributed by atoms with Gasteiger partial charge in [0.05, 0.1) is 16.6 Å². The Morgan fingerprint density at radius 1 is 0.775 bits per heavy atom. The minimum Gasteiger partial charge on any atom is -0.352 e. The van der Waals surface area contributed by atoms with Crippen molar-refractivity contribution in [2.45, 2.75) is 12.6 Å². The Labute approximate surface area is 228 Å². The minimum atomic E-state index is -4.44. The molecule has 40 heavy (non-hydrogen) atoms. The van der Waals surface area contributed by atoms with Crippen LogP contribution >= 0.6 is 0 Å². The Morgan fingerprint density at radius 2 is 1.50 bits per heavy atom. The third-order valence-corrected chi connectivity index (χ3v) is 6.44. The van der Waals surface area contributed by atoms with Crippen molar-refractivity contribution in [3.05, 3.63) is 132 Å². The van der Waals surface area contributed by atoms with E-state index in [0.717, 1.165) is 29.5 Å². The third kappa shape index (κ3) is 6.18. The normalized spacial score (nSPS) is 11.3. The number of benzene rings is 4. The van der Waals surface area contributed by atoms with Crippen LogP contribution in [-0.4, -0.2) is 23.3 Å². The molecule has 0 aliphatic rings. The molecule has 5 nitrogen and oxygen atoms in total. The number of carbonyl (C=O) groups is 2. The standard InChI is InChI=1S/C32H24F3N3O2/c33-32(34,35)25-13-10-22(11-14-25)27-8-4-5-9-28(27)31(40)38-26-15-12-23-18-24(20-37-29(23)19-26)30(39)36-17-16-21-6-2-1-3-7-21/h1-15,18-20H,16-17H2,(H,36,39)(H,38,40). The van der Waals surface area contributed by atoms with Gasteiger partial charge in [-0.15, -0.1) is 0 Å². The van der Waals surface area contributed by atoms with E-state index in [2.05, 4.69) is 15.6 Å². The molecule has 0 radical (unpaired) electrons. The Morgan fingerprint density at radius 3 is 2.25 bits per heavy atom. The maximum atomic E-state index is 13.2. The van der Waals surface area contributed by atoms with Crippen molar-refractivity contribution in [2.24, 2.45) is 0 Å². The molecule has 200 valence electrons. The van der Waals surface area contributed by atoms with Gasteiger partial charge in [0.15, 0.2) is 0 Å². The maximum absolute atomic E-state index is 13.2. The summed E-state index contributed by atoms with van der Waals surface area (Å²) in [6.07, 6.45) is -2.23. The van der Waals surface area contributed by atoms with Crippen molar-refractivity contribution in [1.82, 2.24) is 10.3 Å². The monoisotopic (exact) mass is 539 g/mol. The minimum absolute atomic E-state index is 0.220. The summed E-state index contributed by atoms with van der Waals surface area (Å²) in [5.74, 6) is -0.633. The van der Waals surface area contributed by atoms with Gasteiger partial charge in [-0.3, -0.25) is 14.6 Å². The zero-order chi connectivity index (χ0) is 28.1. The lowest BCUT2D eigenvalue weighted by Crippen LogP contribution is -2.25. The van der Waals surface area contributed by atoms with Gasteiger partial charge in [0.2, 0.25) is 0 Å². The molecular weight excluding hydrogens is 515 g/mol. The summed E-state index contributed by atoms with van der Waals surface area (Å²) in [5, 5.41) is 6.48. The number of anilines is 1. The number of halogens is 3. The SMILES string of the molecule is O=C(NCCc1ccccc1)c1cnc2cc(NC(=O)c3ccccc3-c3ccc(C(F)(F)F)cc3)ccc2c1. The average molecular weight is 540 g/mol. The number of aromatic nitrogens is 1. The second-order valence-corrected chi connectivity index (χ2v) is 9.20. The summed E-state index contributed by atoms with van der Waals surface area (Å²) in [7, 11) is 0. The van der Waals surface area contributed by atoms with E-state index >= 15 is 0 Å². The van der Waals surface area contributed by atoms with E-state index in [9.17, 15) is 22.8 Å². The van der Waals surface area contributed by atoms with E-state index in [0.29, 0.717) is 40.0 Å². The van der Waals surface area contributed by atoms with Crippen molar-refractivity contribution in [3.8, 4) is 11.1 Å². The van der Waals surface area contributed by atoms with Crippen molar-refractivity contribution < 1.29 is 22.8 Å². The highest BCUT2D eigenvalue weighted by Crippen LogP contribution is 2.32. The molecule has 0 aliphatic heterocycles. The summed E-state index contributed by atoms with van der Waals surface area (Å²) in [4.78, 5) is 30.2. The quantitative estimate of drug-likeness (QED) is 0.231. The molecule has 2 amide bonds. The second kappa shape index (κ2) is 11.4. The van der Waals surface area contributed by atoms with Gasteiger partial charge in [0.25, 0.3) is 11.8 Å². The molecular formula is C32H24F3N3O2. The molecule has 0 saturated carbocycles. The number of carbonyl (C=O) groups excluding carboxylic acids is 2. The fourth-order valence-corrected chi connectivity index (χ4v) is 4.36. The van der Waals surface area contributed by atoms with Gasteiger partial charge in [-0.2, -0.15) is 13.2 Å². The van der Waals surface area contributed by atoms with Crippen LogP contribution < -0.4 is 10.6 Å². The van der Waals surface area contributed by atoms with Crippen LogP contribution in [0.2, 0.25) is 0 Å². The van der Waals surface area contributed by atoms with Gasteiger partial charge < -0.3 is 10.6 Å². The molecule has 5 rings (SSSR count).